The molecule has 1 aromatic rings. The lowest BCUT2D eigenvalue weighted by molar-refractivity contribution is 0.0340. The maximum absolute atomic E-state index is 13.0. The Hall–Kier alpha value is -2.14. The van der Waals surface area contributed by atoms with E-state index in [-0.39, 0.29) is 28.9 Å². The van der Waals surface area contributed by atoms with E-state index in [9.17, 15) is 9.59 Å². The van der Waals surface area contributed by atoms with Gasteiger partial charge < -0.3 is 4.74 Å². The number of aryl methyl sites for hydroxylation is 2. The summed E-state index contributed by atoms with van der Waals surface area (Å²) >= 11 is 0. The maximum atomic E-state index is 13.0. The standard InChI is InChI=1S/C17H16N2O3/c1-8-9(2)19-14-13(18-8)15(20)11-10-4-6-17(22-3,7-5-10)12(11)16(14)21/h4,6,10H,5,7H2,1-3H3/t10-,17-/m0/s1. The number of carbonyl (C=O) groups is 2. The van der Waals surface area contributed by atoms with Crippen molar-refractivity contribution in [2.24, 2.45) is 5.92 Å². The number of rotatable bonds is 1. The van der Waals surface area contributed by atoms with Gasteiger partial charge in [0.05, 0.1) is 11.4 Å². The summed E-state index contributed by atoms with van der Waals surface area (Å²) < 4.78 is 5.66. The average Bonchev–Trinajstić information content (AvgIpc) is 2.54. The molecular weight excluding hydrogens is 280 g/mol. The number of nitrogens with zero attached hydrogens (tertiary/aromatic N) is 2. The largest absolute Gasteiger partial charge is 0.369 e. The highest BCUT2D eigenvalue weighted by atomic mass is 16.5. The van der Waals surface area contributed by atoms with Crippen molar-refractivity contribution < 1.29 is 14.3 Å². The predicted molar refractivity (Wildman–Crippen MR) is 78.8 cm³/mol. The minimum atomic E-state index is -0.783. The number of ketones is 2. The van der Waals surface area contributed by atoms with E-state index < -0.39 is 5.60 Å². The van der Waals surface area contributed by atoms with Gasteiger partial charge in [0, 0.05) is 24.2 Å². The molecule has 112 valence electrons. The van der Waals surface area contributed by atoms with Crippen molar-refractivity contribution in [1.82, 2.24) is 9.97 Å². The van der Waals surface area contributed by atoms with Crippen LogP contribution in [-0.2, 0) is 4.74 Å². The van der Waals surface area contributed by atoms with Crippen LogP contribution < -0.4 is 0 Å². The van der Waals surface area contributed by atoms with Crippen molar-refractivity contribution in [2.75, 3.05) is 7.11 Å². The topological polar surface area (TPSA) is 69.2 Å². The van der Waals surface area contributed by atoms with Crippen LogP contribution in [0.3, 0.4) is 0 Å². The molecule has 2 atom stereocenters. The van der Waals surface area contributed by atoms with Gasteiger partial charge in [-0.15, -0.1) is 0 Å². The fraction of sp³-hybridized carbons (Fsp3) is 0.412. The zero-order valence-corrected chi connectivity index (χ0v) is 12.8. The summed E-state index contributed by atoms with van der Waals surface area (Å²) in [5.74, 6) is -0.396. The lowest BCUT2D eigenvalue weighted by Gasteiger charge is -2.44. The Balaban J connectivity index is 2.00. The highest BCUT2D eigenvalue weighted by Crippen LogP contribution is 2.49. The Bertz CT molecular complexity index is 806. The van der Waals surface area contributed by atoms with Gasteiger partial charge >= 0.3 is 0 Å². The second-order valence-electron chi connectivity index (χ2n) is 6.14. The quantitative estimate of drug-likeness (QED) is 0.743. The monoisotopic (exact) mass is 296 g/mol. The number of fused-ring (bicyclic) bond motifs is 2. The molecule has 0 amide bonds. The summed E-state index contributed by atoms with van der Waals surface area (Å²) in [6, 6.07) is 0. The third-order valence-electron chi connectivity index (χ3n) is 5.06. The molecule has 22 heavy (non-hydrogen) atoms. The summed E-state index contributed by atoms with van der Waals surface area (Å²) in [4.78, 5) is 34.6. The van der Waals surface area contributed by atoms with E-state index in [1.807, 2.05) is 12.2 Å². The van der Waals surface area contributed by atoms with Crippen LogP contribution in [0.4, 0.5) is 0 Å². The summed E-state index contributed by atoms with van der Waals surface area (Å²) in [5, 5.41) is 0. The molecule has 5 heteroatoms. The SMILES string of the molecule is CO[C@@]12C=C[C@@H](CC1)C1=C2C(=O)c2nc(C)c(C)nc2C1=O. The van der Waals surface area contributed by atoms with Crippen LogP contribution in [0.5, 0.6) is 0 Å². The van der Waals surface area contributed by atoms with E-state index in [1.54, 1.807) is 21.0 Å². The van der Waals surface area contributed by atoms with Crippen molar-refractivity contribution in [3.63, 3.8) is 0 Å². The summed E-state index contributed by atoms with van der Waals surface area (Å²) in [5.41, 5.74) is 1.97. The maximum Gasteiger partial charge on any atom is 0.213 e. The first-order valence-electron chi connectivity index (χ1n) is 7.42. The fourth-order valence-electron chi connectivity index (χ4n) is 3.72. The third-order valence-corrected chi connectivity index (χ3v) is 5.06. The summed E-state index contributed by atoms with van der Waals surface area (Å²) in [6.45, 7) is 3.59. The first-order chi connectivity index (χ1) is 10.5. The van der Waals surface area contributed by atoms with Crippen molar-refractivity contribution in [3.05, 3.63) is 46.1 Å². The average molecular weight is 296 g/mol. The molecule has 1 aromatic heterocycles. The van der Waals surface area contributed by atoms with E-state index >= 15 is 0 Å². The molecule has 0 saturated carbocycles. The smallest absolute Gasteiger partial charge is 0.213 e. The molecule has 0 radical (unpaired) electrons. The lowest BCUT2D eigenvalue weighted by Crippen LogP contribution is -2.47. The molecule has 5 rings (SSSR count). The van der Waals surface area contributed by atoms with Crippen molar-refractivity contribution in [1.29, 1.82) is 0 Å². The fourth-order valence-corrected chi connectivity index (χ4v) is 3.72. The van der Waals surface area contributed by atoms with Crippen LogP contribution in [0, 0.1) is 19.8 Å². The Labute approximate surface area is 128 Å². The zero-order valence-electron chi connectivity index (χ0n) is 12.8. The van der Waals surface area contributed by atoms with E-state index in [2.05, 4.69) is 9.97 Å². The van der Waals surface area contributed by atoms with Gasteiger partial charge in [0.15, 0.2) is 0 Å². The normalized spacial score (nSPS) is 29.0. The first kappa shape index (κ1) is 13.5. The van der Waals surface area contributed by atoms with Crippen molar-refractivity contribution in [2.45, 2.75) is 32.3 Å². The number of aromatic nitrogens is 2. The number of hydrogen-bond acceptors (Lipinski definition) is 5. The molecule has 0 aliphatic heterocycles. The number of ether oxygens (including phenoxy) is 1. The summed E-state index contributed by atoms with van der Waals surface area (Å²) in [6.07, 6.45) is 5.44. The molecule has 4 aliphatic rings. The van der Waals surface area contributed by atoms with Crippen LogP contribution in [0.15, 0.2) is 23.3 Å². The van der Waals surface area contributed by atoms with Crippen LogP contribution in [0.2, 0.25) is 0 Å². The Morgan fingerprint density at radius 1 is 1.14 bits per heavy atom. The van der Waals surface area contributed by atoms with Gasteiger partial charge in [0.2, 0.25) is 11.6 Å². The molecule has 5 nitrogen and oxygen atoms in total. The van der Waals surface area contributed by atoms with E-state index in [1.165, 1.54) is 0 Å². The molecule has 4 aliphatic carbocycles. The second kappa shape index (κ2) is 4.20. The first-order valence-corrected chi connectivity index (χ1v) is 7.42. The number of methoxy groups -OCH3 is 1. The minimum Gasteiger partial charge on any atom is -0.369 e. The van der Waals surface area contributed by atoms with Crippen LogP contribution >= 0.6 is 0 Å². The van der Waals surface area contributed by atoms with Crippen LogP contribution in [0.1, 0.15) is 45.2 Å². The number of allylic oxidation sites excluding steroid dienone is 2. The molecule has 0 saturated heterocycles. The van der Waals surface area contributed by atoms with Gasteiger partial charge in [0.1, 0.15) is 17.0 Å². The number of carbonyl (C=O) groups excluding carboxylic acids is 2. The van der Waals surface area contributed by atoms with Crippen molar-refractivity contribution in [3.8, 4) is 0 Å². The minimum absolute atomic E-state index is 0.0139. The summed E-state index contributed by atoms with van der Waals surface area (Å²) in [7, 11) is 1.58. The van der Waals surface area contributed by atoms with Gasteiger partial charge in [-0.3, -0.25) is 9.59 Å². The highest BCUT2D eigenvalue weighted by Gasteiger charge is 2.52. The Morgan fingerprint density at radius 3 is 2.32 bits per heavy atom. The second-order valence-corrected chi connectivity index (χ2v) is 6.14. The highest BCUT2D eigenvalue weighted by molar-refractivity contribution is 6.27. The molecule has 0 N–H and O–H groups in total. The van der Waals surface area contributed by atoms with E-state index in [4.69, 9.17) is 4.74 Å². The number of Topliss-reactive ketones (excluding diaryl/α,β-unsaturated/α-hetero) is 2. The lowest BCUT2D eigenvalue weighted by atomic mass is 9.63. The van der Waals surface area contributed by atoms with Crippen molar-refractivity contribution >= 4 is 11.6 Å². The van der Waals surface area contributed by atoms with Crippen LogP contribution in [0.25, 0.3) is 0 Å². The van der Waals surface area contributed by atoms with Gasteiger partial charge in [0.25, 0.3) is 0 Å². The van der Waals surface area contributed by atoms with Gasteiger partial charge in [-0.2, -0.15) is 0 Å². The molecule has 1 heterocycles. The van der Waals surface area contributed by atoms with Crippen LogP contribution in [-0.4, -0.2) is 34.2 Å². The molecule has 0 fully saturated rings. The molecule has 0 aromatic carbocycles. The number of hydrogen-bond donors (Lipinski definition) is 0. The third kappa shape index (κ3) is 1.47. The predicted octanol–water partition coefficient (Wildman–Crippen LogP) is 2.13. The molecular formula is C17H16N2O3. The van der Waals surface area contributed by atoms with Gasteiger partial charge in [-0.05, 0) is 26.7 Å². The van der Waals surface area contributed by atoms with Gasteiger partial charge in [-0.1, -0.05) is 12.2 Å². The Morgan fingerprint density at radius 2 is 1.77 bits per heavy atom. The van der Waals surface area contributed by atoms with Gasteiger partial charge in [-0.25, -0.2) is 9.97 Å². The molecule has 0 unspecified atom stereocenters. The van der Waals surface area contributed by atoms with E-state index in [0.717, 1.165) is 12.8 Å². The van der Waals surface area contributed by atoms with E-state index in [0.29, 0.717) is 22.5 Å². The zero-order chi connectivity index (χ0) is 15.6. The molecule has 2 bridgehead atoms. The Kier molecular flexibility index (Phi) is 2.58. The molecule has 0 spiro atoms.